The van der Waals surface area contributed by atoms with E-state index in [1.165, 1.54) is 33.0 Å². The summed E-state index contributed by atoms with van der Waals surface area (Å²) < 4.78 is 2.13. The van der Waals surface area contributed by atoms with Crippen LogP contribution in [-0.2, 0) is 0 Å². The Morgan fingerprint density at radius 2 is 0.909 bits per heavy atom. The summed E-state index contributed by atoms with van der Waals surface area (Å²) in [5.41, 5.74) is 15.2. The molecule has 0 spiro atoms. The Morgan fingerprint density at radius 1 is 0.364 bits per heavy atom. The summed E-state index contributed by atoms with van der Waals surface area (Å²) in [5.74, 6) is 0.717. The molecule has 8 aromatic carbocycles. The van der Waals surface area contributed by atoms with E-state index in [0.29, 0.717) is 5.82 Å². The second-order valence-corrected chi connectivity index (χ2v) is 13.7. The molecule has 0 saturated carbocycles. The Morgan fingerprint density at radius 3 is 1.60 bits per heavy atom. The highest BCUT2D eigenvalue weighted by Gasteiger charge is 2.13. The highest BCUT2D eigenvalue weighted by molar-refractivity contribution is 5.99. The minimum atomic E-state index is 0.717. The van der Waals surface area contributed by atoms with Gasteiger partial charge in [0.15, 0.2) is 5.82 Å². The number of rotatable bonds is 7. The molecule has 258 valence electrons. The minimum absolute atomic E-state index is 0.717. The molecule has 0 N–H and O–H groups in total. The quantitative estimate of drug-likeness (QED) is 0.166. The van der Waals surface area contributed by atoms with Crippen molar-refractivity contribution in [2.75, 3.05) is 0 Å². The monoisotopic (exact) mass is 702 g/mol. The van der Waals surface area contributed by atoms with Gasteiger partial charge in [-0.1, -0.05) is 164 Å². The molecular formula is C51H34N4. The van der Waals surface area contributed by atoms with Crippen LogP contribution >= 0.6 is 0 Å². The first kappa shape index (κ1) is 32.2. The summed E-state index contributed by atoms with van der Waals surface area (Å²) >= 11 is 0. The predicted octanol–water partition coefficient (Wildman–Crippen LogP) is 13.0. The van der Waals surface area contributed by atoms with Crippen LogP contribution in [0.5, 0.6) is 0 Å². The third-order valence-electron chi connectivity index (χ3n) is 10.3. The van der Waals surface area contributed by atoms with Crippen LogP contribution in [0.3, 0.4) is 0 Å². The second-order valence-electron chi connectivity index (χ2n) is 13.7. The summed E-state index contributed by atoms with van der Waals surface area (Å²) in [6, 6.07) is 70.3. The highest BCUT2D eigenvalue weighted by Crippen LogP contribution is 2.35. The Balaban J connectivity index is 0.924. The number of imidazole rings is 1. The zero-order valence-corrected chi connectivity index (χ0v) is 29.9. The summed E-state index contributed by atoms with van der Waals surface area (Å²) in [6.45, 7) is 0. The Bertz CT molecular complexity index is 2880. The number of nitrogens with zero attached hydrogens (tertiary/aromatic N) is 4. The zero-order valence-electron chi connectivity index (χ0n) is 29.9. The normalized spacial score (nSPS) is 11.3. The standard InChI is InChI=1S/C51H34N4/c1-4-11-38(12-5-1)47-33-48(54-51(53-47)40-13-6-2-7-14-40)39-25-23-37(24-26-39)45-18-10-15-43-31-41(27-29-46(43)45)35-19-21-36(22-20-35)42-28-30-50-49(32-42)52-34-55(50)44-16-8-3-9-17-44/h1-34H. The van der Waals surface area contributed by atoms with Crippen LogP contribution in [0.2, 0.25) is 0 Å². The first-order valence-corrected chi connectivity index (χ1v) is 18.5. The van der Waals surface area contributed by atoms with Gasteiger partial charge in [-0.2, -0.15) is 0 Å². The molecule has 2 aromatic heterocycles. The van der Waals surface area contributed by atoms with Crippen molar-refractivity contribution in [2.24, 2.45) is 0 Å². The fourth-order valence-corrected chi connectivity index (χ4v) is 7.45. The lowest BCUT2D eigenvalue weighted by molar-refractivity contribution is 1.09. The lowest BCUT2D eigenvalue weighted by atomic mass is 9.94. The van der Waals surface area contributed by atoms with Crippen LogP contribution in [0.1, 0.15) is 0 Å². The average Bonchev–Trinajstić information content (AvgIpc) is 3.70. The molecule has 0 fully saturated rings. The molecule has 4 nitrogen and oxygen atoms in total. The maximum absolute atomic E-state index is 5.02. The van der Waals surface area contributed by atoms with Gasteiger partial charge in [-0.05, 0) is 80.6 Å². The van der Waals surface area contributed by atoms with Gasteiger partial charge < -0.3 is 0 Å². The van der Waals surface area contributed by atoms with E-state index in [-0.39, 0.29) is 0 Å². The topological polar surface area (TPSA) is 43.6 Å². The summed E-state index contributed by atoms with van der Waals surface area (Å²) in [6.07, 6.45) is 1.90. The van der Waals surface area contributed by atoms with E-state index in [4.69, 9.17) is 15.0 Å². The molecule has 0 aliphatic rings. The maximum Gasteiger partial charge on any atom is 0.160 e. The van der Waals surface area contributed by atoms with E-state index in [9.17, 15) is 0 Å². The molecule has 0 radical (unpaired) electrons. The first-order chi connectivity index (χ1) is 27.2. The Kier molecular flexibility index (Phi) is 8.12. The van der Waals surface area contributed by atoms with Gasteiger partial charge in [-0.15, -0.1) is 0 Å². The number of fused-ring (bicyclic) bond motifs is 2. The van der Waals surface area contributed by atoms with Gasteiger partial charge in [-0.25, -0.2) is 15.0 Å². The number of hydrogen-bond acceptors (Lipinski definition) is 3. The average molecular weight is 703 g/mol. The SMILES string of the molecule is c1ccc(-c2cc(-c3ccc(-c4cccc5cc(-c6ccc(-c7ccc8c(c7)ncn8-c7ccccc7)cc6)ccc45)cc3)nc(-c3ccccc3)n2)cc1. The molecule has 4 heteroatoms. The van der Waals surface area contributed by atoms with Gasteiger partial charge >= 0.3 is 0 Å². The van der Waals surface area contributed by atoms with E-state index in [0.717, 1.165) is 55.9 Å². The lowest BCUT2D eigenvalue weighted by Gasteiger charge is -2.12. The van der Waals surface area contributed by atoms with Crippen molar-refractivity contribution in [1.29, 1.82) is 0 Å². The summed E-state index contributed by atoms with van der Waals surface area (Å²) in [7, 11) is 0. The predicted molar refractivity (Wildman–Crippen MR) is 227 cm³/mol. The van der Waals surface area contributed by atoms with E-state index in [1.807, 2.05) is 48.8 Å². The molecule has 10 aromatic rings. The van der Waals surface area contributed by atoms with Gasteiger partial charge in [0.2, 0.25) is 0 Å². The molecule has 0 atom stereocenters. The van der Waals surface area contributed by atoms with Crippen LogP contribution < -0.4 is 0 Å². The van der Waals surface area contributed by atoms with Crippen molar-refractivity contribution >= 4 is 21.8 Å². The van der Waals surface area contributed by atoms with Crippen LogP contribution in [-0.4, -0.2) is 19.5 Å². The Labute approximate surface area is 319 Å². The molecule has 0 aliphatic heterocycles. The molecule has 0 unspecified atom stereocenters. The maximum atomic E-state index is 5.02. The minimum Gasteiger partial charge on any atom is -0.299 e. The molecule has 10 rings (SSSR count). The van der Waals surface area contributed by atoms with Crippen LogP contribution in [0.25, 0.3) is 94.8 Å². The second kappa shape index (κ2) is 13.8. The van der Waals surface area contributed by atoms with Crippen LogP contribution in [0.15, 0.2) is 207 Å². The third kappa shape index (κ3) is 6.26. The summed E-state index contributed by atoms with van der Waals surface area (Å²) in [5, 5.41) is 2.43. The van der Waals surface area contributed by atoms with Crippen LogP contribution in [0.4, 0.5) is 0 Å². The van der Waals surface area contributed by atoms with Crippen molar-refractivity contribution in [3.63, 3.8) is 0 Å². The van der Waals surface area contributed by atoms with Crippen molar-refractivity contribution in [1.82, 2.24) is 19.5 Å². The van der Waals surface area contributed by atoms with E-state index in [2.05, 4.69) is 162 Å². The zero-order chi connectivity index (χ0) is 36.6. The van der Waals surface area contributed by atoms with Gasteiger partial charge in [0.1, 0.15) is 6.33 Å². The molecule has 0 bridgehead atoms. The van der Waals surface area contributed by atoms with Crippen molar-refractivity contribution in [3.05, 3.63) is 207 Å². The first-order valence-electron chi connectivity index (χ1n) is 18.5. The molecule has 2 heterocycles. The molecular weight excluding hydrogens is 669 g/mol. The fourth-order valence-electron chi connectivity index (χ4n) is 7.45. The molecule has 0 saturated heterocycles. The molecule has 0 amide bonds. The van der Waals surface area contributed by atoms with Gasteiger partial charge in [0.25, 0.3) is 0 Å². The van der Waals surface area contributed by atoms with Crippen LogP contribution in [0, 0.1) is 0 Å². The summed E-state index contributed by atoms with van der Waals surface area (Å²) in [4.78, 5) is 14.7. The molecule has 0 aliphatic carbocycles. The van der Waals surface area contributed by atoms with Gasteiger partial charge in [-0.3, -0.25) is 4.57 Å². The third-order valence-corrected chi connectivity index (χ3v) is 10.3. The number of aromatic nitrogens is 4. The molecule has 55 heavy (non-hydrogen) atoms. The van der Waals surface area contributed by atoms with Crippen molar-refractivity contribution in [3.8, 4) is 73.0 Å². The van der Waals surface area contributed by atoms with Crippen molar-refractivity contribution < 1.29 is 0 Å². The number of benzene rings is 8. The smallest absolute Gasteiger partial charge is 0.160 e. The lowest BCUT2D eigenvalue weighted by Crippen LogP contribution is -1.95. The van der Waals surface area contributed by atoms with E-state index in [1.54, 1.807) is 0 Å². The number of para-hydroxylation sites is 1. The van der Waals surface area contributed by atoms with Gasteiger partial charge in [0, 0.05) is 22.4 Å². The highest BCUT2D eigenvalue weighted by atomic mass is 15.0. The fraction of sp³-hybridized carbons (Fsp3) is 0. The van der Waals surface area contributed by atoms with Gasteiger partial charge in [0.05, 0.1) is 22.4 Å². The Hall–Kier alpha value is -7.43. The van der Waals surface area contributed by atoms with E-state index >= 15 is 0 Å². The largest absolute Gasteiger partial charge is 0.299 e. The van der Waals surface area contributed by atoms with Crippen molar-refractivity contribution in [2.45, 2.75) is 0 Å². The van der Waals surface area contributed by atoms with E-state index < -0.39 is 0 Å². The number of hydrogen-bond donors (Lipinski definition) is 0.